The van der Waals surface area contributed by atoms with Gasteiger partial charge in [-0.05, 0) is 17.4 Å². The predicted octanol–water partition coefficient (Wildman–Crippen LogP) is 2.76. The Morgan fingerprint density at radius 1 is 1.11 bits per heavy atom. The average molecular weight is 242 g/mol. The highest BCUT2D eigenvalue weighted by atomic mass is 16.2. The van der Waals surface area contributed by atoms with E-state index < -0.39 is 6.04 Å². The topological polar surface area (TPSA) is 55.1 Å². The summed E-state index contributed by atoms with van der Waals surface area (Å²) in [7, 11) is 0. The quantitative estimate of drug-likeness (QED) is 0.869. The molecule has 3 nitrogen and oxygen atoms in total. The Labute approximate surface area is 107 Å². The standard InChI is InChI=1S/C15H18N2O/c1-10(2)14(16)15(18)17-13-9-5-7-11-6-3-4-8-12(11)13/h3-10,14H,16H2,1-2H3,(H,17,18). The lowest BCUT2D eigenvalue weighted by Gasteiger charge is -2.16. The van der Waals surface area contributed by atoms with Gasteiger partial charge in [0.2, 0.25) is 5.91 Å². The zero-order chi connectivity index (χ0) is 13.1. The van der Waals surface area contributed by atoms with E-state index in [9.17, 15) is 4.79 Å². The lowest BCUT2D eigenvalue weighted by molar-refractivity contribution is -0.118. The maximum absolute atomic E-state index is 12.0. The molecule has 2 aromatic rings. The number of rotatable bonds is 3. The van der Waals surface area contributed by atoms with Crippen molar-refractivity contribution >= 4 is 22.4 Å². The highest BCUT2D eigenvalue weighted by Crippen LogP contribution is 2.23. The molecular weight excluding hydrogens is 224 g/mol. The molecule has 3 heteroatoms. The van der Waals surface area contributed by atoms with E-state index in [1.165, 1.54) is 0 Å². The van der Waals surface area contributed by atoms with Crippen LogP contribution in [0.15, 0.2) is 42.5 Å². The lowest BCUT2D eigenvalue weighted by atomic mass is 10.0. The Balaban J connectivity index is 2.30. The summed E-state index contributed by atoms with van der Waals surface area (Å²) >= 11 is 0. The number of carbonyl (C=O) groups excluding carboxylic acids is 1. The second kappa shape index (κ2) is 5.19. The highest BCUT2D eigenvalue weighted by molar-refractivity contribution is 6.03. The van der Waals surface area contributed by atoms with Crippen LogP contribution in [-0.2, 0) is 4.79 Å². The third-order valence-electron chi connectivity index (χ3n) is 3.07. The van der Waals surface area contributed by atoms with Gasteiger partial charge < -0.3 is 11.1 Å². The molecule has 3 N–H and O–H groups in total. The van der Waals surface area contributed by atoms with Crippen LogP contribution >= 0.6 is 0 Å². The highest BCUT2D eigenvalue weighted by Gasteiger charge is 2.17. The Bertz CT molecular complexity index is 558. The van der Waals surface area contributed by atoms with Crippen molar-refractivity contribution < 1.29 is 4.79 Å². The zero-order valence-electron chi connectivity index (χ0n) is 10.7. The molecule has 94 valence electrons. The fraction of sp³-hybridized carbons (Fsp3) is 0.267. The molecule has 0 spiro atoms. The SMILES string of the molecule is CC(C)C(N)C(=O)Nc1cccc2ccccc12. The zero-order valence-corrected chi connectivity index (χ0v) is 10.7. The van der Waals surface area contributed by atoms with Gasteiger partial charge in [-0.25, -0.2) is 0 Å². The van der Waals surface area contributed by atoms with Crippen LogP contribution in [0.25, 0.3) is 10.8 Å². The molecule has 0 saturated heterocycles. The van der Waals surface area contributed by atoms with Gasteiger partial charge in [0.05, 0.1) is 6.04 Å². The van der Waals surface area contributed by atoms with E-state index in [1.54, 1.807) is 0 Å². The summed E-state index contributed by atoms with van der Waals surface area (Å²) in [4.78, 5) is 12.0. The van der Waals surface area contributed by atoms with E-state index in [2.05, 4.69) is 5.32 Å². The van der Waals surface area contributed by atoms with Crippen LogP contribution in [-0.4, -0.2) is 11.9 Å². The maximum Gasteiger partial charge on any atom is 0.241 e. The molecular formula is C15H18N2O. The van der Waals surface area contributed by atoms with Gasteiger partial charge >= 0.3 is 0 Å². The fourth-order valence-electron chi connectivity index (χ4n) is 1.85. The van der Waals surface area contributed by atoms with Gasteiger partial charge in [0.15, 0.2) is 0 Å². The minimum Gasteiger partial charge on any atom is -0.324 e. The minimum absolute atomic E-state index is 0.125. The molecule has 1 amide bonds. The van der Waals surface area contributed by atoms with Crippen LogP contribution in [0, 0.1) is 5.92 Å². The molecule has 0 radical (unpaired) electrons. The summed E-state index contributed by atoms with van der Waals surface area (Å²) in [6.07, 6.45) is 0. The number of nitrogens with one attached hydrogen (secondary N) is 1. The molecule has 0 aromatic heterocycles. The summed E-state index contributed by atoms with van der Waals surface area (Å²) < 4.78 is 0. The first-order valence-electron chi connectivity index (χ1n) is 6.14. The number of benzene rings is 2. The summed E-state index contributed by atoms with van der Waals surface area (Å²) in [5.74, 6) is -0.0127. The minimum atomic E-state index is -0.482. The van der Waals surface area contributed by atoms with Crippen LogP contribution in [0.4, 0.5) is 5.69 Å². The normalized spacial score (nSPS) is 12.7. The van der Waals surface area contributed by atoms with E-state index >= 15 is 0 Å². The summed E-state index contributed by atoms with van der Waals surface area (Å²) in [5, 5.41) is 5.04. The molecule has 1 atom stereocenters. The van der Waals surface area contributed by atoms with Gasteiger partial charge in [0.1, 0.15) is 0 Å². The number of carbonyl (C=O) groups is 1. The molecule has 0 aliphatic heterocycles. The van der Waals surface area contributed by atoms with E-state index in [0.29, 0.717) is 0 Å². The fourth-order valence-corrected chi connectivity index (χ4v) is 1.85. The molecule has 18 heavy (non-hydrogen) atoms. The molecule has 2 aromatic carbocycles. The van der Waals surface area contributed by atoms with Gasteiger partial charge in [0, 0.05) is 11.1 Å². The van der Waals surface area contributed by atoms with Crippen molar-refractivity contribution in [1.82, 2.24) is 0 Å². The molecule has 0 aliphatic rings. The number of amides is 1. The van der Waals surface area contributed by atoms with E-state index in [4.69, 9.17) is 5.73 Å². The van der Waals surface area contributed by atoms with Crippen molar-refractivity contribution in [3.63, 3.8) is 0 Å². The van der Waals surface area contributed by atoms with E-state index in [-0.39, 0.29) is 11.8 Å². The number of hydrogen-bond acceptors (Lipinski definition) is 2. The van der Waals surface area contributed by atoms with Crippen molar-refractivity contribution in [1.29, 1.82) is 0 Å². The second-order valence-electron chi connectivity index (χ2n) is 4.79. The maximum atomic E-state index is 12.0. The Morgan fingerprint density at radius 2 is 1.78 bits per heavy atom. The predicted molar refractivity (Wildman–Crippen MR) is 75.4 cm³/mol. The van der Waals surface area contributed by atoms with Crippen molar-refractivity contribution in [2.75, 3.05) is 5.32 Å². The van der Waals surface area contributed by atoms with Crippen molar-refractivity contribution in [2.24, 2.45) is 11.7 Å². The number of hydrogen-bond donors (Lipinski definition) is 2. The molecule has 0 saturated carbocycles. The third kappa shape index (κ3) is 2.51. The van der Waals surface area contributed by atoms with Crippen LogP contribution in [0.1, 0.15) is 13.8 Å². The van der Waals surface area contributed by atoms with Crippen molar-refractivity contribution in [3.8, 4) is 0 Å². The van der Waals surface area contributed by atoms with Gasteiger partial charge in [-0.2, -0.15) is 0 Å². The number of nitrogens with two attached hydrogens (primary N) is 1. The van der Waals surface area contributed by atoms with Crippen molar-refractivity contribution in [2.45, 2.75) is 19.9 Å². The lowest BCUT2D eigenvalue weighted by Crippen LogP contribution is -2.39. The monoisotopic (exact) mass is 242 g/mol. The molecule has 0 bridgehead atoms. The van der Waals surface area contributed by atoms with Gasteiger partial charge in [-0.1, -0.05) is 50.2 Å². The van der Waals surface area contributed by atoms with Crippen LogP contribution in [0.2, 0.25) is 0 Å². The Morgan fingerprint density at radius 3 is 2.50 bits per heavy atom. The van der Waals surface area contributed by atoms with Gasteiger partial charge in [-0.3, -0.25) is 4.79 Å². The van der Waals surface area contributed by atoms with Crippen molar-refractivity contribution in [3.05, 3.63) is 42.5 Å². The largest absolute Gasteiger partial charge is 0.324 e. The van der Waals surface area contributed by atoms with Gasteiger partial charge in [0.25, 0.3) is 0 Å². The molecule has 2 rings (SSSR count). The first kappa shape index (κ1) is 12.6. The number of anilines is 1. The molecule has 0 aliphatic carbocycles. The first-order chi connectivity index (χ1) is 8.59. The molecule has 1 unspecified atom stereocenters. The second-order valence-corrected chi connectivity index (χ2v) is 4.79. The third-order valence-corrected chi connectivity index (χ3v) is 3.07. The molecule has 0 fully saturated rings. The number of fused-ring (bicyclic) bond motifs is 1. The average Bonchev–Trinajstić information content (AvgIpc) is 2.38. The smallest absolute Gasteiger partial charge is 0.241 e. The van der Waals surface area contributed by atoms with Crippen LogP contribution < -0.4 is 11.1 Å². The van der Waals surface area contributed by atoms with E-state index in [1.807, 2.05) is 56.3 Å². The summed E-state index contributed by atoms with van der Waals surface area (Å²) in [6, 6.07) is 13.3. The summed E-state index contributed by atoms with van der Waals surface area (Å²) in [5.41, 5.74) is 6.65. The molecule has 0 heterocycles. The Kier molecular flexibility index (Phi) is 3.63. The van der Waals surface area contributed by atoms with Crippen LogP contribution in [0.3, 0.4) is 0 Å². The Hall–Kier alpha value is -1.87. The van der Waals surface area contributed by atoms with E-state index in [0.717, 1.165) is 16.5 Å². The van der Waals surface area contributed by atoms with Gasteiger partial charge in [-0.15, -0.1) is 0 Å². The summed E-state index contributed by atoms with van der Waals surface area (Å²) in [6.45, 7) is 3.88. The first-order valence-corrected chi connectivity index (χ1v) is 6.14. The van der Waals surface area contributed by atoms with Crippen LogP contribution in [0.5, 0.6) is 0 Å².